The lowest BCUT2D eigenvalue weighted by molar-refractivity contribution is -0.175. The fourth-order valence-electron chi connectivity index (χ4n) is 3.50. The van der Waals surface area contributed by atoms with Gasteiger partial charge >= 0.3 is 0 Å². The second-order valence-electron chi connectivity index (χ2n) is 6.99. The van der Waals surface area contributed by atoms with Crippen molar-refractivity contribution in [1.29, 1.82) is 0 Å². The number of nitrogens with one attached hydrogen (secondary N) is 1. The molecule has 1 N–H and O–H groups in total. The van der Waals surface area contributed by atoms with Crippen molar-refractivity contribution in [3.63, 3.8) is 0 Å². The molecule has 0 radical (unpaired) electrons. The van der Waals surface area contributed by atoms with Gasteiger partial charge in [-0.15, -0.1) is 0 Å². The topological polar surface area (TPSA) is 50.8 Å². The quantitative estimate of drug-likeness (QED) is 0.561. The van der Waals surface area contributed by atoms with E-state index in [1.807, 2.05) is 49.5 Å². The maximum absolute atomic E-state index is 12.3. The Bertz CT molecular complexity index is 930. The third-order valence-corrected chi connectivity index (χ3v) is 5.13. The molecule has 0 bridgehead atoms. The number of hydrogen-bond acceptors (Lipinski definition) is 4. The van der Waals surface area contributed by atoms with Gasteiger partial charge in [-0.05, 0) is 28.9 Å². The molecule has 0 saturated heterocycles. The Labute approximate surface area is 172 Å². The molecule has 0 aromatic heterocycles. The molecule has 3 aromatic rings. The molecule has 3 rings (SSSR count). The first kappa shape index (κ1) is 21.0. The van der Waals surface area contributed by atoms with Crippen molar-refractivity contribution in [3.8, 4) is 0 Å². The van der Waals surface area contributed by atoms with Gasteiger partial charge in [0.15, 0.2) is 0 Å². The van der Waals surface area contributed by atoms with Crippen LogP contribution in [0.2, 0.25) is 0 Å². The average molecular weight is 392 g/mol. The van der Waals surface area contributed by atoms with Gasteiger partial charge in [0.1, 0.15) is 6.61 Å². The summed E-state index contributed by atoms with van der Waals surface area (Å²) in [5.41, 5.74) is 2.20. The van der Waals surface area contributed by atoms with Crippen LogP contribution < -0.4 is 5.32 Å². The van der Waals surface area contributed by atoms with Crippen molar-refractivity contribution in [3.05, 3.63) is 83.9 Å². The van der Waals surface area contributed by atoms with E-state index in [4.69, 9.17) is 9.57 Å². The first-order valence-corrected chi connectivity index (χ1v) is 9.74. The summed E-state index contributed by atoms with van der Waals surface area (Å²) < 4.78 is 6.18. The minimum atomic E-state index is -0.279. The zero-order valence-electron chi connectivity index (χ0n) is 17.2. The van der Waals surface area contributed by atoms with Gasteiger partial charge in [-0.1, -0.05) is 72.8 Å². The Morgan fingerprint density at radius 2 is 1.66 bits per heavy atom. The van der Waals surface area contributed by atoms with Crippen molar-refractivity contribution < 1.29 is 14.4 Å². The Kier molecular flexibility index (Phi) is 7.36. The van der Waals surface area contributed by atoms with Gasteiger partial charge in [-0.25, -0.2) is 5.06 Å². The number of carbonyl (C=O) groups is 1. The first-order chi connectivity index (χ1) is 14.1. The minimum absolute atomic E-state index is 0.0349. The van der Waals surface area contributed by atoms with Gasteiger partial charge in [0.25, 0.3) is 5.91 Å². The molecule has 29 heavy (non-hydrogen) atoms. The smallest absolute Gasteiger partial charge is 0.271 e. The number of hydroxylamine groups is 2. The van der Waals surface area contributed by atoms with Crippen LogP contribution in [0.3, 0.4) is 0 Å². The Morgan fingerprint density at radius 1 is 0.966 bits per heavy atom. The Balaban J connectivity index is 1.95. The summed E-state index contributed by atoms with van der Waals surface area (Å²) in [5, 5.41) is 6.86. The van der Waals surface area contributed by atoms with Gasteiger partial charge < -0.3 is 10.1 Å². The lowest BCUT2D eigenvalue weighted by Crippen LogP contribution is -2.32. The van der Waals surface area contributed by atoms with Crippen molar-refractivity contribution in [2.75, 3.05) is 34.4 Å². The van der Waals surface area contributed by atoms with Crippen LogP contribution in [0.5, 0.6) is 0 Å². The fraction of sp³-hybridized carbons (Fsp3) is 0.292. The van der Waals surface area contributed by atoms with E-state index in [0.29, 0.717) is 6.54 Å². The predicted octanol–water partition coefficient (Wildman–Crippen LogP) is 3.92. The monoisotopic (exact) mass is 392 g/mol. The van der Waals surface area contributed by atoms with Crippen molar-refractivity contribution in [2.45, 2.75) is 12.0 Å². The highest BCUT2D eigenvalue weighted by atomic mass is 16.7. The van der Waals surface area contributed by atoms with Crippen LogP contribution in [0.4, 0.5) is 0 Å². The Hall–Kier alpha value is -2.73. The van der Waals surface area contributed by atoms with Gasteiger partial charge in [0, 0.05) is 19.5 Å². The van der Waals surface area contributed by atoms with E-state index in [2.05, 4.69) is 35.6 Å². The van der Waals surface area contributed by atoms with E-state index in [-0.39, 0.29) is 24.5 Å². The van der Waals surface area contributed by atoms with Crippen LogP contribution in [0.1, 0.15) is 23.1 Å². The normalized spacial score (nSPS) is 13.2. The van der Waals surface area contributed by atoms with Gasteiger partial charge in [0.2, 0.25) is 0 Å². The molecule has 5 nitrogen and oxygen atoms in total. The molecule has 1 amide bonds. The predicted molar refractivity (Wildman–Crippen MR) is 116 cm³/mol. The molecule has 5 heteroatoms. The van der Waals surface area contributed by atoms with E-state index in [1.54, 1.807) is 7.05 Å². The summed E-state index contributed by atoms with van der Waals surface area (Å²) >= 11 is 0. The minimum Gasteiger partial charge on any atom is -0.363 e. The van der Waals surface area contributed by atoms with E-state index in [9.17, 15) is 4.79 Å². The molecule has 0 heterocycles. The summed E-state index contributed by atoms with van der Waals surface area (Å²) in [7, 11) is 4.98. The van der Waals surface area contributed by atoms with Gasteiger partial charge in [-0.3, -0.25) is 9.63 Å². The number of nitrogens with zero attached hydrogens (tertiary/aromatic N) is 1. The summed E-state index contributed by atoms with van der Waals surface area (Å²) in [5.74, 6) is -0.192. The van der Waals surface area contributed by atoms with Crippen LogP contribution >= 0.6 is 0 Å². The third kappa shape index (κ3) is 5.21. The van der Waals surface area contributed by atoms with Crippen molar-refractivity contribution in [1.82, 2.24) is 10.4 Å². The highest BCUT2D eigenvalue weighted by Gasteiger charge is 2.27. The summed E-state index contributed by atoms with van der Waals surface area (Å²) in [4.78, 5) is 17.2. The molecule has 0 spiro atoms. The van der Waals surface area contributed by atoms with E-state index < -0.39 is 0 Å². The highest BCUT2D eigenvalue weighted by molar-refractivity contribution is 5.83. The Morgan fingerprint density at radius 3 is 2.34 bits per heavy atom. The zero-order chi connectivity index (χ0) is 20.6. The van der Waals surface area contributed by atoms with E-state index in [1.165, 1.54) is 28.5 Å². The van der Waals surface area contributed by atoms with E-state index in [0.717, 1.165) is 5.56 Å². The lowest BCUT2D eigenvalue weighted by Gasteiger charge is -2.29. The van der Waals surface area contributed by atoms with Crippen LogP contribution in [0, 0.1) is 0 Å². The molecular formula is C24H28N2O3. The molecule has 0 fully saturated rings. The van der Waals surface area contributed by atoms with Crippen LogP contribution in [-0.2, 0) is 14.4 Å². The number of fused-ring (bicyclic) bond motifs is 1. The van der Waals surface area contributed by atoms with Gasteiger partial charge in [0.05, 0.1) is 13.2 Å². The summed E-state index contributed by atoms with van der Waals surface area (Å²) in [6.07, 6.45) is -0.279. The van der Waals surface area contributed by atoms with Crippen LogP contribution in [-0.4, -0.2) is 45.3 Å². The molecule has 152 valence electrons. The molecule has 0 saturated carbocycles. The van der Waals surface area contributed by atoms with Crippen molar-refractivity contribution >= 4 is 16.7 Å². The molecule has 0 aliphatic heterocycles. The highest BCUT2D eigenvalue weighted by Crippen LogP contribution is 2.35. The third-order valence-electron chi connectivity index (χ3n) is 5.13. The molecule has 0 unspecified atom stereocenters. The van der Waals surface area contributed by atoms with Crippen LogP contribution in [0.25, 0.3) is 10.8 Å². The summed E-state index contributed by atoms with van der Waals surface area (Å²) in [6, 6.07) is 24.8. The second kappa shape index (κ2) is 10.2. The lowest BCUT2D eigenvalue weighted by atomic mass is 9.87. The van der Waals surface area contributed by atoms with Crippen molar-refractivity contribution in [2.24, 2.45) is 0 Å². The number of benzene rings is 3. The zero-order valence-corrected chi connectivity index (χ0v) is 17.2. The average Bonchev–Trinajstić information content (AvgIpc) is 2.78. The van der Waals surface area contributed by atoms with E-state index >= 15 is 0 Å². The molecule has 0 aliphatic rings. The number of likely N-dealkylation sites (N-methyl/N-ethyl adjacent to an activating group) is 2. The summed E-state index contributed by atoms with van der Waals surface area (Å²) in [6.45, 7) is 0.657. The maximum Gasteiger partial charge on any atom is 0.271 e. The molecule has 0 aliphatic carbocycles. The molecule has 3 aromatic carbocycles. The number of hydrogen-bond donors (Lipinski definition) is 1. The number of amides is 1. The largest absolute Gasteiger partial charge is 0.363 e. The molecular weight excluding hydrogens is 364 g/mol. The number of ether oxygens (including phenoxy) is 1. The van der Waals surface area contributed by atoms with Gasteiger partial charge in [-0.2, -0.15) is 0 Å². The number of carbonyl (C=O) groups excluding carboxylic acids is 1. The first-order valence-electron chi connectivity index (χ1n) is 9.74. The van der Waals surface area contributed by atoms with Crippen LogP contribution in [0.15, 0.2) is 72.8 Å². The standard InChI is InChI=1S/C24H28N2O3/c1-25-16-22(21-14-13-18-9-7-8-12-20(18)15-21)24(19-10-5-4-6-11-19)29-17-23(27)26(2)28-3/h4-15,22,24-25H,16-17H2,1-3H3/t22-,24-/m1/s1. The maximum atomic E-state index is 12.3. The molecule has 2 atom stereocenters. The fourth-order valence-corrected chi connectivity index (χ4v) is 3.50. The SMILES string of the molecule is CNC[C@H](c1ccc2ccccc2c1)[C@H](OCC(=O)N(C)OC)c1ccccc1. The number of rotatable bonds is 9. The second-order valence-corrected chi connectivity index (χ2v) is 6.99.